The van der Waals surface area contributed by atoms with Gasteiger partial charge in [-0.2, -0.15) is 0 Å². The summed E-state index contributed by atoms with van der Waals surface area (Å²) in [7, 11) is 3.25. The van der Waals surface area contributed by atoms with E-state index in [9.17, 15) is 9.59 Å². The highest BCUT2D eigenvalue weighted by Crippen LogP contribution is 2.43. The fraction of sp³-hybridized carbons (Fsp3) is 0.409. The van der Waals surface area contributed by atoms with E-state index in [2.05, 4.69) is 15.0 Å². The van der Waals surface area contributed by atoms with Crippen LogP contribution in [0.3, 0.4) is 0 Å². The van der Waals surface area contributed by atoms with Crippen LogP contribution < -0.4 is 11.1 Å². The van der Waals surface area contributed by atoms with Gasteiger partial charge in [0.25, 0.3) is 0 Å². The number of ether oxygens (including phenoxy) is 1. The Hall–Kier alpha value is -2.35. The molecule has 0 bridgehead atoms. The number of methoxy groups -OCH3 is 1. The second-order valence-corrected chi connectivity index (χ2v) is 7.73. The van der Waals surface area contributed by atoms with Crippen LogP contribution in [0.15, 0.2) is 30.5 Å². The van der Waals surface area contributed by atoms with Crippen molar-refractivity contribution in [1.29, 1.82) is 0 Å². The number of aldehydes is 1. The third-order valence-electron chi connectivity index (χ3n) is 4.74. The van der Waals surface area contributed by atoms with E-state index in [-0.39, 0.29) is 40.0 Å². The molecule has 8 heteroatoms. The number of carbonyl (C=O) groups excluding carboxylic acids is 2. The average Bonchev–Trinajstić information content (AvgIpc) is 3.53. The molecule has 2 unspecified atom stereocenters. The highest BCUT2D eigenvalue weighted by Gasteiger charge is 2.36. The zero-order valence-corrected chi connectivity index (χ0v) is 18.1. The average molecular weight is 436 g/mol. The molecular weight excluding hydrogens is 409 g/mol. The van der Waals surface area contributed by atoms with Gasteiger partial charge >= 0.3 is 0 Å². The molecule has 1 heterocycles. The summed E-state index contributed by atoms with van der Waals surface area (Å²) in [4.78, 5) is 27.5. The quantitative estimate of drug-likeness (QED) is 0.481. The zero-order valence-electron chi connectivity index (χ0n) is 17.3. The Labute approximate surface area is 181 Å². The van der Waals surface area contributed by atoms with Crippen molar-refractivity contribution in [2.45, 2.75) is 38.3 Å². The van der Waals surface area contributed by atoms with Gasteiger partial charge < -0.3 is 20.6 Å². The van der Waals surface area contributed by atoms with Gasteiger partial charge in [0, 0.05) is 50.0 Å². The van der Waals surface area contributed by atoms with Crippen LogP contribution in [-0.2, 0) is 9.53 Å². The number of ketones is 1. The van der Waals surface area contributed by atoms with Crippen molar-refractivity contribution in [3.8, 4) is 0 Å². The molecule has 3 rings (SSSR count). The Morgan fingerprint density at radius 1 is 1.37 bits per heavy atom. The van der Waals surface area contributed by atoms with Gasteiger partial charge in [0.05, 0.1) is 10.6 Å². The summed E-state index contributed by atoms with van der Waals surface area (Å²) >= 11 is 6.16. The summed E-state index contributed by atoms with van der Waals surface area (Å²) in [6, 6.07) is 5.77. The molecule has 6 nitrogen and oxygen atoms in total. The lowest BCUT2D eigenvalue weighted by Crippen LogP contribution is -2.33. The number of hydrogen-bond acceptors (Lipinski definition) is 6. The number of hydrogen-bond donors (Lipinski definition) is 2. The summed E-state index contributed by atoms with van der Waals surface area (Å²) in [5, 5.41) is 3.36. The number of anilines is 1. The summed E-state index contributed by atoms with van der Waals surface area (Å²) in [5.41, 5.74) is 5.98. The highest BCUT2D eigenvalue weighted by molar-refractivity contribution is 6.35. The minimum atomic E-state index is -0.632. The number of nitrogens with zero attached hydrogens (tertiary/aromatic N) is 1. The van der Waals surface area contributed by atoms with Crippen LogP contribution in [0.2, 0.25) is 5.02 Å². The first-order valence-electron chi connectivity index (χ1n) is 9.67. The summed E-state index contributed by atoms with van der Waals surface area (Å²) < 4.78 is 19.6. The van der Waals surface area contributed by atoms with Gasteiger partial charge in [0.1, 0.15) is 17.9 Å². The number of pyridine rings is 1. The molecule has 2 atom stereocenters. The van der Waals surface area contributed by atoms with E-state index in [1.54, 1.807) is 26.4 Å². The van der Waals surface area contributed by atoms with Crippen molar-refractivity contribution >= 4 is 29.5 Å². The summed E-state index contributed by atoms with van der Waals surface area (Å²) in [6.45, 7) is 1.88. The lowest BCUT2D eigenvalue weighted by Gasteiger charge is -2.24. The number of carbonyl (C=O) groups is 2. The number of halogens is 2. The molecule has 0 saturated heterocycles. The number of rotatable bonds is 8. The largest absolute Gasteiger partial charge is 0.388 e. The van der Waals surface area contributed by atoms with Crippen molar-refractivity contribution in [3.63, 3.8) is 0 Å². The highest BCUT2D eigenvalue weighted by atomic mass is 35.5. The van der Waals surface area contributed by atoms with Crippen molar-refractivity contribution < 1.29 is 18.7 Å². The number of benzene rings is 1. The van der Waals surface area contributed by atoms with Crippen LogP contribution in [0.1, 0.15) is 53.7 Å². The van der Waals surface area contributed by atoms with E-state index in [1.165, 1.54) is 18.3 Å². The van der Waals surface area contributed by atoms with Gasteiger partial charge in [-0.3, -0.25) is 4.79 Å². The molecule has 30 heavy (non-hydrogen) atoms. The Morgan fingerprint density at radius 3 is 2.57 bits per heavy atom. The zero-order chi connectivity index (χ0) is 22.3. The van der Waals surface area contributed by atoms with Gasteiger partial charge in [-0.25, -0.2) is 9.37 Å². The van der Waals surface area contributed by atoms with Crippen molar-refractivity contribution in [1.82, 2.24) is 10.3 Å². The van der Waals surface area contributed by atoms with Gasteiger partial charge in [0.2, 0.25) is 0 Å². The maximum Gasteiger partial charge on any atom is 0.199 e. The Kier molecular flexibility index (Phi) is 8.89. The molecular formula is C22H27ClFN3O3. The van der Waals surface area contributed by atoms with Gasteiger partial charge in [-0.1, -0.05) is 17.7 Å². The van der Waals surface area contributed by atoms with Crippen LogP contribution in [-0.4, -0.2) is 37.3 Å². The number of nitrogens with one attached hydrogen (secondary N) is 1. The van der Waals surface area contributed by atoms with Crippen molar-refractivity contribution in [2.24, 2.45) is 5.92 Å². The molecule has 1 saturated carbocycles. The predicted molar refractivity (Wildman–Crippen MR) is 115 cm³/mol. The lowest BCUT2D eigenvalue weighted by atomic mass is 9.95. The van der Waals surface area contributed by atoms with Crippen LogP contribution in [0, 0.1) is 11.7 Å². The first kappa shape index (κ1) is 23.9. The van der Waals surface area contributed by atoms with E-state index in [4.69, 9.17) is 17.3 Å². The molecule has 0 spiro atoms. The van der Waals surface area contributed by atoms with E-state index in [0.717, 1.165) is 19.1 Å². The van der Waals surface area contributed by atoms with Crippen molar-refractivity contribution in [3.05, 3.63) is 58.0 Å². The fourth-order valence-corrected chi connectivity index (χ4v) is 3.36. The van der Waals surface area contributed by atoms with E-state index in [1.807, 2.05) is 6.92 Å². The number of nitrogen functional groups attached to an aromatic ring is 1. The second kappa shape index (κ2) is 11.2. The minimum absolute atomic E-state index is 0.0496. The normalized spacial score (nSPS) is 15.0. The molecule has 1 aromatic heterocycles. The maximum atomic E-state index is 15.4. The molecule has 3 N–H and O–H groups in total. The van der Waals surface area contributed by atoms with Gasteiger partial charge in [-0.05, 0) is 43.9 Å². The summed E-state index contributed by atoms with van der Waals surface area (Å²) in [5.74, 6) is -0.626. The third kappa shape index (κ3) is 6.08. The maximum absolute atomic E-state index is 15.4. The molecule has 0 radical (unpaired) electrons. The second-order valence-electron chi connectivity index (χ2n) is 7.32. The van der Waals surface area contributed by atoms with Crippen molar-refractivity contribution in [2.75, 3.05) is 20.0 Å². The molecule has 1 aliphatic carbocycles. The monoisotopic (exact) mass is 435 g/mol. The minimum Gasteiger partial charge on any atom is -0.388 e. The topological polar surface area (TPSA) is 94.3 Å². The van der Waals surface area contributed by atoms with Gasteiger partial charge in [0.15, 0.2) is 5.78 Å². The van der Waals surface area contributed by atoms with E-state index < -0.39 is 11.6 Å². The van der Waals surface area contributed by atoms with Crippen LogP contribution in [0.5, 0.6) is 0 Å². The Bertz CT molecular complexity index is 873. The molecule has 1 fully saturated rings. The van der Waals surface area contributed by atoms with E-state index >= 15 is 4.39 Å². The number of nitrogens with two attached hydrogens (primary N) is 1. The SMILES string of the molecule is CC(CC=O)NC(c1ccc(Cl)c(C(=O)c2ccc(N)nc2)c1F)C1CC1.COC. The fourth-order valence-electron chi connectivity index (χ4n) is 3.13. The standard InChI is InChI=1S/C20H21ClFN3O2.C2H6O/c1-11(8-9-26)25-19(12-2-3-12)14-5-6-15(21)17(18(14)22)20(27)13-4-7-16(23)24-10-13;1-3-2/h4-7,9-12,19,25H,2-3,8H2,1H3,(H2,23,24);1-2H3. The lowest BCUT2D eigenvalue weighted by molar-refractivity contribution is -0.108. The Balaban J connectivity index is 0.00000101. The molecule has 1 aliphatic rings. The molecule has 0 amide bonds. The molecule has 1 aromatic carbocycles. The third-order valence-corrected chi connectivity index (χ3v) is 5.05. The van der Waals surface area contributed by atoms with Crippen LogP contribution in [0.4, 0.5) is 10.2 Å². The first-order valence-corrected chi connectivity index (χ1v) is 10.1. The summed E-state index contributed by atoms with van der Waals surface area (Å²) in [6.07, 6.45) is 4.42. The smallest absolute Gasteiger partial charge is 0.199 e. The van der Waals surface area contributed by atoms with Gasteiger partial charge in [-0.15, -0.1) is 0 Å². The van der Waals surface area contributed by atoms with E-state index in [0.29, 0.717) is 12.0 Å². The van der Waals surface area contributed by atoms with Crippen LogP contribution in [0.25, 0.3) is 0 Å². The molecule has 2 aromatic rings. The predicted octanol–water partition coefficient (Wildman–Crippen LogP) is 3.97. The molecule has 0 aliphatic heterocycles. The first-order chi connectivity index (χ1) is 14.3. The van der Waals surface area contributed by atoms with Crippen LogP contribution >= 0.6 is 11.6 Å². The number of aromatic nitrogens is 1. The Morgan fingerprint density at radius 2 is 2.03 bits per heavy atom. The molecule has 162 valence electrons.